The summed E-state index contributed by atoms with van der Waals surface area (Å²) in [5.74, 6) is -0.626. The molecule has 0 amide bonds. The van der Waals surface area contributed by atoms with Crippen molar-refractivity contribution in [1.29, 1.82) is 0 Å². The summed E-state index contributed by atoms with van der Waals surface area (Å²) in [5, 5.41) is 22.0. The van der Waals surface area contributed by atoms with Gasteiger partial charge in [0.05, 0.1) is 12.2 Å². The summed E-state index contributed by atoms with van der Waals surface area (Å²) < 4.78 is 36.6. The Hall–Kier alpha value is -3.30. The first-order valence-corrected chi connectivity index (χ1v) is 15.5. The fraction of sp³-hybridized carbons (Fsp3) is 0.472. The zero-order chi connectivity index (χ0) is 31.1. The van der Waals surface area contributed by atoms with E-state index in [0.29, 0.717) is 37.3 Å². The monoisotopic (exact) mass is 601 g/mol. The number of ether oxygens (including phenoxy) is 3. The minimum absolute atomic E-state index is 0.0148. The number of aliphatic hydroxyl groups excluding tert-OH is 2. The van der Waals surface area contributed by atoms with Crippen LogP contribution in [0, 0.1) is 22.7 Å². The van der Waals surface area contributed by atoms with Crippen molar-refractivity contribution in [3.8, 4) is 5.75 Å². The summed E-state index contributed by atoms with van der Waals surface area (Å²) in [5.41, 5.74) is 4.52. The number of fused-ring (bicyclic) bond motifs is 7. The topological polar surface area (TPSA) is 111 Å². The highest BCUT2D eigenvalue weighted by molar-refractivity contribution is 5.91. The normalized spacial score (nSPS) is 40.4. The van der Waals surface area contributed by atoms with Crippen molar-refractivity contribution in [3.63, 3.8) is 0 Å². The van der Waals surface area contributed by atoms with E-state index in [1.165, 1.54) is 0 Å². The van der Waals surface area contributed by atoms with Gasteiger partial charge in [0, 0.05) is 34.1 Å². The van der Waals surface area contributed by atoms with Crippen LogP contribution in [0.25, 0.3) is 0 Å². The van der Waals surface area contributed by atoms with E-state index >= 15 is 4.39 Å². The number of halogens is 1. The third-order valence-corrected chi connectivity index (χ3v) is 11.5. The fourth-order valence-corrected chi connectivity index (χ4v) is 9.34. The first-order chi connectivity index (χ1) is 21.0. The summed E-state index contributed by atoms with van der Waals surface area (Å²) in [4.78, 5) is 13.7. The van der Waals surface area contributed by atoms with E-state index in [0.717, 1.165) is 22.3 Å². The lowest BCUT2D eigenvalue weighted by Gasteiger charge is -2.62. The predicted octanol–water partition coefficient (Wildman–Crippen LogP) is 5.53. The molecule has 232 valence electrons. The molecule has 4 fully saturated rings. The van der Waals surface area contributed by atoms with E-state index in [9.17, 15) is 15.0 Å². The van der Waals surface area contributed by atoms with Crippen LogP contribution in [0.4, 0.5) is 10.1 Å². The lowest BCUT2D eigenvalue weighted by molar-refractivity contribution is -0.231. The summed E-state index contributed by atoms with van der Waals surface area (Å²) >= 11 is 0. The minimum Gasteiger partial charge on any atom is -0.489 e. The first kappa shape index (κ1) is 29.4. The summed E-state index contributed by atoms with van der Waals surface area (Å²) in [7, 11) is 0. The Balaban J connectivity index is 1.16. The number of ketones is 1. The minimum atomic E-state index is -1.93. The van der Waals surface area contributed by atoms with Crippen molar-refractivity contribution in [2.45, 2.75) is 75.9 Å². The van der Waals surface area contributed by atoms with Crippen LogP contribution in [-0.2, 0) is 20.9 Å². The average molecular weight is 602 g/mol. The molecule has 4 N–H and O–H groups in total. The number of alkyl halides is 1. The summed E-state index contributed by atoms with van der Waals surface area (Å²) in [6.07, 6.45) is 4.40. The molecular formula is C36H40FNO6. The fourth-order valence-electron chi connectivity index (χ4n) is 9.34. The van der Waals surface area contributed by atoms with Gasteiger partial charge in [-0.15, -0.1) is 0 Å². The van der Waals surface area contributed by atoms with Crippen LogP contribution in [0.2, 0.25) is 0 Å². The van der Waals surface area contributed by atoms with Crippen LogP contribution in [0.15, 0.2) is 84.5 Å². The van der Waals surface area contributed by atoms with Crippen molar-refractivity contribution in [1.82, 2.24) is 0 Å². The second-order valence-electron chi connectivity index (χ2n) is 13.7. The molecule has 0 radical (unpaired) electrons. The molecule has 44 heavy (non-hydrogen) atoms. The molecular weight excluding hydrogens is 561 g/mol. The van der Waals surface area contributed by atoms with Gasteiger partial charge in [-0.3, -0.25) is 4.79 Å². The number of hydrogen-bond donors (Lipinski definition) is 3. The van der Waals surface area contributed by atoms with E-state index in [1.54, 1.807) is 12.1 Å². The number of nitrogen functional groups attached to an aromatic ring is 1. The Bertz CT molecular complexity index is 1570. The van der Waals surface area contributed by atoms with Gasteiger partial charge < -0.3 is 30.2 Å². The second kappa shape index (κ2) is 10.1. The van der Waals surface area contributed by atoms with Gasteiger partial charge in [-0.2, -0.15) is 0 Å². The van der Waals surface area contributed by atoms with E-state index < -0.39 is 58.9 Å². The molecule has 4 aliphatic carbocycles. The van der Waals surface area contributed by atoms with Crippen LogP contribution in [0.1, 0.15) is 56.9 Å². The number of carbonyl (C=O) groups is 1. The number of hydrogen-bond acceptors (Lipinski definition) is 7. The highest BCUT2D eigenvalue weighted by Crippen LogP contribution is 2.72. The molecule has 8 heteroatoms. The van der Waals surface area contributed by atoms with Crippen LogP contribution in [0.3, 0.4) is 0 Å². The van der Waals surface area contributed by atoms with Gasteiger partial charge in [-0.1, -0.05) is 67.6 Å². The smallest absolute Gasteiger partial charge is 0.193 e. The Kier molecular flexibility index (Phi) is 6.76. The van der Waals surface area contributed by atoms with Gasteiger partial charge in [-0.25, -0.2) is 4.39 Å². The second-order valence-corrected chi connectivity index (χ2v) is 13.7. The molecule has 0 bridgehead atoms. The van der Waals surface area contributed by atoms with Crippen LogP contribution >= 0.6 is 0 Å². The molecule has 1 aliphatic heterocycles. The number of carbonyl (C=O) groups excluding carboxylic acids is 1. The van der Waals surface area contributed by atoms with Crippen molar-refractivity contribution in [2.75, 3.05) is 12.3 Å². The molecule has 7 nitrogen and oxygen atoms in total. The number of nitrogens with two attached hydrogens (primary N) is 1. The quantitative estimate of drug-likeness (QED) is 0.374. The van der Waals surface area contributed by atoms with Crippen LogP contribution < -0.4 is 10.5 Å². The predicted molar refractivity (Wildman–Crippen MR) is 163 cm³/mol. The van der Waals surface area contributed by atoms with Crippen molar-refractivity contribution in [2.24, 2.45) is 22.7 Å². The van der Waals surface area contributed by atoms with Crippen molar-refractivity contribution < 1.29 is 33.6 Å². The zero-order valence-electron chi connectivity index (χ0n) is 25.2. The number of allylic oxidation sites excluding steroid dienone is 5. The largest absolute Gasteiger partial charge is 0.489 e. The van der Waals surface area contributed by atoms with Crippen LogP contribution in [0.5, 0.6) is 5.75 Å². The molecule has 2 aromatic carbocycles. The SMILES string of the molecule is C=C1C=C[C@@]2(C)C(=C1)CC[C@H]1[C@@H]3C[C@H]4O[C@@H](c5ccc(COc6cccc(N)c6)cc5)O[C@@]4(C(=O)CO)[C@@]3(C)C[C@H](O)[C@@]12F. The Morgan fingerprint density at radius 2 is 1.95 bits per heavy atom. The maximum Gasteiger partial charge on any atom is 0.193 e. The van der Waals surface area contributed by atoms with Crippen molar-refractivity contribution in [3.05, 3.63) is 95.6 Å². The number of aliphatic hydroxyl groups is 2. The van der Waals surface area contributed by atoms with Gasteiger partial charge in [0.2, 0.25) is 0 Å². The standard InChI is InChI=1S/C36H40FNO6/c1-21-13-14-33(2)24(15-21)11-12-27-28-17-31-36(30(41)19-39,34(28,3)18-29(40)35(27,33)37)44-32(43-31)23-9-7-22(8-10-23)20-42-26-6-4-5-25(38)16-26/h4-10,13-16,27-29,31-32,39-40H,1,11-12,17-20,38H2,2-3H3/t27-,28-,29-,31+,32+,33-,34-,35-,36+/m0/s1. The Morgan fingerprint density at radius 1 is 1.18 bits per heavy atom. The molecule has 3 saturated carbocycles. The third kappa shape index (κ3) is 3.90. The molecule has 2 aromatic rings. The molecule has 9 atom stereocenters. The summed E-state index contributed by atoms with van der Waals surface area (Å²) in [6.45, 7) is 7.44. The van der Waals surface area contributed by atoms with Crippen LogP contribution in [-0.4, -0.2) is 46.1 Å². The molecule has 1 heterocycles. The summed E-state index contributed by atoms with van der Waals surface area (Å²) in [6, 6.07) is 14.8. The van der Waals surface area contributed by atoms with E-state index in [1.807, 2.05) is 68.5 Å². The van der Waals surface area contributed by atoms with Crippen molar-refractivity contribution >= 4 is 11.5 Å². The third-order valence-electron chi connectivity index (χ3n) is 11.5. The van der Waals surface area contributed by atoms with E-state index in [-0.39, 0.29) is 12.3 Å². The molecule has 1 saturated heterocycles. The molecule has 5 aliphatic rings. The Morgan fingerprint density at radius 3 is 2.68 bits per heavy atom. The van der Waals surface area contributed by atoms with Gasteiger partial charge in [0.15, 0.2) is 23.3 Å². The van der Waals surface area contributed by atoms with Gasteiger partial charge in [0.25, 0.3) is 0 Å². The number of Topliss-reactive ketones (excluding diaryl/α,β-unsaturated/α-hetero) is 1. The van der Waals surface area contributed by atoms with Gasteiger partial charge in [0.1, 0.15) is 19.0 Å². The first-order valence-electron chi connectivity index (χ1n) is 15.5. The number of benzene rings is 2. The highest BCUT2D eigenvalue weighted by atomic mass is 19.1. The molecule has 0 spiro atoms. The maximum atomic E-state index is 17.6. The van der Waals surface area contributed by atoms with Gasteiger partial charge in [-0.05, 0) is 61.8 Å². The lowest BCUT2D eigenvalue weighted by atomic mass is 9.44. The molecule has 0 unspecified atom stereocenters. The Labute approximate surface area is 257 Å². The molecule has 0 aromatic heterocycles. The average Bonchev–Trinajstić information content (AvgIpc) is 3.50. The maximum absolute atomic E-state index is 17.6. The lowest BCUT2D eigenvalue weighted by Crippen LogP contribution is -2.69. The highest BCUT2D eigenvalue weighted by Gasteiger charge is 2.79. The molecule has 7 rings (SSSR count). The van der Waals surface area contributed by atoms with Gasteiger partial charge >= 0.3 is 0 Å². The number of anilines is 1. The van der Waals surface area contributed by atoms with E-state index in [4.69, 9.17) is 19.9 Å². The zero-order valence-corrected chi connectivity index (χ0v) is 25.2. The van der Waals surface area contributed by atoms with E-state index in [2.05, 4.69) is 6.58 Å². The number of rotatable bonds is 6.